The minimum Gasteiger partial charge on any atom is -0.459 e. The van der Waals surface area contributed by atoms with Crippen molar-refractivity contribution < 1.29 is 19.4 Å². The van der Waals surface area contributed by atoms with Crippen molar-refractivity contribution in [3.05, 3.63) is 29.8 Å². The van der Waals surface area contributed by atoms with Crippen molar-refractivity contribution in [3.8, 4) is 0 Å². The summed E-state index contributed by atoms with van der Waals surface area (Å²) in [5.41, 5.74) is 0.971. The number of amides is 1. The number of ether oxygens (including phenoxy) is 1. The van der Waals surface area contributed by atoms with Crippen molar-refractivity contribution in [2.45, 2.75) is 13.0 Å². The Balaban J connectivity index is 2.59. The van der Waals surface area contributed by atoms with Crippen molar-refractivity contribution >= 4 is 18.1 Å². The number of hydrogen-bond acceptors (Lipinski definition) is 4. The normalized spacial score (nSPS) is 11.6. The van der Waals surface area contributed by atoms with Crippen LogP contribution in [0.15, 0.2) is 24.3 Å². The molecule has 0 saturated heterocycles. The number of anilines is 1. The third kappa shape index (κ3) is 3.70. The van der Waals surface area contributed by atoms with Crippen LogP contribution in [0, 0.1) is 0 Å². The van der Waals surface area contributed by atoms with E-state index in [1.54, 1.807) is 12.1 Å². The second kappa shape index (κ2) is 5.87. The highest BCUT2D eigenvalue weighted by atomic mass is 16.5. The van der Waals surface area contributed by atoms with Gasteiger partial charge < -0.3 is 15.2 Å². The maximum atomic E-state index is 11.4. The molecule has 1 atom stereocenters. The van der Waals surface area contributed by atoms with Gasteiger partial charge in [-0.1, -0.05) is 0 Å². The van der Waals surface area contributed by atoms with E-state index in [2.05, 4.69) is 5.32 Å². The quantitative estimate of drug-likeness (QED) is 0.571. The lowest BCUT2D eigenvalue weighted by molar-refractivity contribution is -0.105. The molecule has 0 aliphatic heterocycles. The lowest BCUT2D eigenvalue weighted by Gasteiger charge is -2.06. The Kier molecular flexibility index (Phi) is 4.47. The Morgan fingerprint density at radius 2 is 2.12 bits per heavy atom. The molecular formula is C11H13NO4. The Morgan fingerprint density at radius 1 is 1.50 bits per heavy atom. The van der Waals surface area contributed by atoms with Crippen LogP contribution in [-0.4, -0.2) is 30.2 Å². The summed E-state index contributed by atoms with van der Waals surface area (Å²) in [6.45, 7) is 1.50. The number of rotatable bonds is 5. The lowest BCUT2D eigenvalue weighted by atomic mass is 10.2. The molecule has 2 N–H and O–H groups in total. The summed E-state index contributed by atoms with van der Waals surface area (Å²) in [5, 5.41) is 11.4. The molecule has 0 saturated carbocycles. The van der Waals surface area contributed by atoms with Crippen molar-refractivity contribution in [2.24, 2.45) is 0 Å². The number of aliphatic hydroxyl groups excluding tert-OH is 1. The molecule has 1 aromatic carbocycles. The number of esters is 1. The highest BCUT2D eigenvalue weighted by Gasteiger charge is 2.07. The van der Waals surface area contributed by atoms with Crippen molar-refractivity contribution in [2.75, 3.05) is 11.9 Å². The van der Waals surface area contributed by atoms with Crippen LogP contribution in [0.25, 0.3) is 0 Å². The first-order chi connectivity index (χ1) is 7.63. The molecule has 86 valence electrons. The maximum Gasteiger partial charge on any atom is 0.338 e. The van der Waals surface area contributed by atoms with Crippen molar-refractivity contribution in [1.29, 1.82) is 0 Å². The molecule has 0 bridgehead atoms. The van der Waals surface area contributed by atoms with Crippen LogP contribution in [0.1, 0.15) is 17.3 Å². The van der Waals surface area contributed by atoms with E-state index < -0.39 is 12.1 Å². The maximum absolute atomic E-state index is 11.4. The number of carbonyl (C=O) groups excluding carboxylic acids is 2. The predicted molar refractivity (Wildman–Crippen MR) is 58.1 cm³/mol. The molecule has 1 unspecified atom stereocenters. The van der Waals surface area contributed by atoms with Gasteiger partial charge in [0.25, 0.3) is 0 Å². The van der Waals surface area contributed by atoms with Crippen LogP contribution in [0.4, 0.5) is 5.69 Å². The monoisotopic (exact) mass is 223 g/mol. The van der Waals surface area contributed by atoms with E-state index >= 15 is 0 Å². The molecule has 0 aromatic heterocycles. The smallest absolute Gasteiger partial charge is 0.338 e. The van der Waals surface area contributed by atoms with Gasteiger partial charge in [-0.25, -0.2) is 4.79 Å². The third-order valence-electron chi connectivity index (χ3n) is 1.80. The number of carbonyl (C=O) groups is 2. The van der Waals surface area contributed by atoms with E-state index in [4.69, 9.17) is 9.84 Å². The zero-order valence-electron chi connectivity index (χ0n) is 8.84. The third-order valence-corrected chi connectivity index (χ3v) is 1.80. The summed E-state index contributed by atoms with van der Waals surface area (Å²) >= 11 is 0. The number of benzene rings is 1. The van der Waals surface area contributed by atoms with Crippen LogP contribution in [-0.2, 0) is 9.53 Å². The molecule has 0 heterocycles. The highest BCUT2D eigenvalue weighted by Crippen LogP contribution is 2.09. The van der Waals surface area contributed by atoms with Crippen LogP contribution >= 0.6 is 0 Å². The van der Waals surface area contributed by atoms with Crippen LogP contribution in [0.5, 0.6) is 0 Å². The van der Waals surface area contributed by atoms with Crippen LogP contribution in [0.3, 0.4) is 0 Å². The molecule has 5 nitrogen and oxygen atoms in total. The van der Waals surface area contributed by atoms with E-state index in [1.807, 2.05) is 0 Å². The Morgan fingerprint density at radius 3 is 2.62 bits per heavy atom. The van der Waals surface area contributed by atoms with Gasteiger partial charge in [0, 0.05) is 5.69 Å². The summed E-state index contributed by atoms with van der Waals surface area (Å²) in [6.07, 6.45) is -0.124. The Labute approximate surface area is 93.0 Å². The zero-order valence-corrected chi connectivity index (χ0v) is 8.84. The first kappa shape index (κ1) is 12.2. The molecule has 1 aromatic rings. The van der Waals surface area contributed by atoms with Gasteiger partial charge in [0.15, 0.2) is 0 Å². The fourth-order valence-electron chi connectivity index (χ4n) is 1.05. The Hall–Kier alpha value is -1.88. The standard InChI is InChI=1S/C11H13NO4/c1-8(14)6-16-11(15)9-2-4-10(5-3-9)12-7-13/h2-5,7-8,14H,6H2,1H3,(H,12,13). The molecule has 1 rings (SSSR count). The predicted octanol–water partition coefficient (Wildman–Crippen LogP) is 0.793. The molecule has 0 aliphatic carbocycles. The summed E-state index contributed by atoms with van der Waals surface area (Å²) in [5.74, 6) is -0.501. The first-order valence-corrected chi connectivity index (χ1v) is 4.79. The zero-order chi connectivity index (χ0) is 12.0. The van der Waals surface area contributed by atoms with E-state index in [1.165, 1.54) is 19.1 Å². The summed E-state index contributed by atoms with van der Waals surface area (Å²) in [6, 6.07) is 6.26. The largest absolute Gasteiger partial charge is 0.459 e. The molecule has 16 heavy (non-hydrogen) atoms. The number of hydrogen-bond donors (Lipinski definition) is 2. The molecule has 0 spiro atoms. The van der Waals surface area contributed by atoms with Crippen molar-refractivity contribution in [3.63, 3.8) is 0 Å². The second-order valence-corrected chi connectivity index (χ2v) is 3.29. The van der Waals surface area contributed by atoms with Gasteiger partial charge >= 0.3 is 5.97 Å². The second-order valence-electron chi connectivity index (χ2n) is 3.29. The summed E-state index contributed by atoms with van der Waals surface area (Å²) in [4.78, 5) is 21.5. The van der Waals surface area contributed by atoms with Gasteiger partial charge in [0.1, 0.15) is 6.61 Å². The number of nitrogens with one attached hydrogen (secondary N) is 1. The summed E-state index contributed by atoms with van der Waals surface area (Å²) < 4.78 is 4.81. The van der Waals surface area contributed by atoms with E-state index in [0.29, 0.717) is 17.7 Å². The van der Waals surface area contributed by atoms with Crippen molar-refractivity contribution in [1.82, 2.24) is 0 Å². The molecule has 5 heteroatoms. The van der Waals surface area contributed by atoms with Gasteiger partial charge in [-0.2, -0.15) is 0 Å². The van der Waals surface area contributed by atoms with E-state index in [-0.39, 0.29) is 6.61 Å². The SMILES string of the molecule is CC(O)COC(=O)c1ccc(NC=O)cc1. The average molecular weight is 223 g/mol. The average Bonchev–Trinajstić information content (AvgIpc) is 2.27. The minimum absolute atomic E-state index is 0.0346. The topological polar surface area (TPSA) is 75.6 Å². The van der Waals surface area contributed by atoms with Crippen LogP contribution in [0.2, 0.25) is 0 Å². The fraction of sp³-hybridized carbons (Fsp3) is 0.273. The summed E-state index contributed by atoms with van der Waals surface area (Å²) in [7, 11) is 0. The fourth-order valence-corrected chi connectivity index (χ4v) is 1.05. The lowest BCUT2D eigenvalue weighted by Crippen LogP contribution is -2.15. The Bertz CT molecular complexity index is 359. The molecule has 0 radical (unpaired) electrons. The number of aliphatic hydroxyl groups is 1. The molecule has 0 aliphatic rings. The van der Waals surface area contributed by atoms with Gasteiger partial charge in [0.2, 0.25) is 6.41 Å². The van der Waals surface area contributed by atoms with Gasteiger partial charge in [0.05, 0.1) is 11.7 Å². The molecule has 1 amide bonds. The molecular weight excluding hydrogens is 210 g/mol. The first-order valence-electron chi connectivity index (χ1n) is 4.79. The van der Waals surface area contributed by atoms with E-state index in [9.17, 15) is 9.59 Å². The minimum atomic E-state index is -0.681. The van der Waals surface area contributed by atoms with E-state index in [0.717, 1.165) is 0 Å². The van der Waals surface area contributed by atoms with Crippen LogP contribution < -0.4 is 5.32 Å². The highest BCUT2D eigenvalue weighted by molar-refractivity contribution is 5.90. The molecule has 0 fully saturated rings. The van der Waals surface area contributed by atoms with Gasteiger partial charge in [-0.3, -0.25) is 4.79 Å². The van der Waals surface area contributed by atoms with Gasteiger partial charge in [-0.15, -0.1) is 0 Å². The van der Waals surface area contributed by atoms with Gasteiger partial charge in [-0.05, 0) is 31.2 Å².